The van der Waals surface area contributed by atoms with Crippen LogP contribution in [0.2, 0.25) is 0 Å². The summed E-state index contributed by atoms with van der Waals surface area (Å²) in [5, 5.41) is 12.8. The number of piperidine rings is 1. The van der Waals surface area contributed by atoms with Crippen LogP contribution in [0.3, 0.4) is 0 Å². The lowest BCUT2D eigenvalue weighted by Crippen LogP contribution is -2.54. The molecule has 2 atom stereocenters. The molecule has 1 saturated heterocycles. The summed E-state index contributed by atoms with van der Waals surface area (Å²) in [5.74, 6) is 1.33. The summed E-state index contributed by atoms with van der Waals surface area (Å²) in [4.78, 5) is 14.8. The summed E-state index contributed by atoms with van der Waals surface area (Å²) in [6, 6.07) is 6.31. The van der Waals surface area contributed by atoms with Crippen LogP contribution in [-0.2, 0) is 16.6 Å². The van der Waals surface area contributed by atoms with Crippen molar-refractivity contribution in [2.75, 3.05) is 20.1 Å². The number of aromatic hydroxyl groups is 1. The molecule has 0 radical (unpaired) electrons. The van der Waals surface area contributed by atoms with Crippen LogP contribution in [0.1, 0.15) is 43.2 Å². The molecule has 124 valence electrons. The van der Waals surface area contributed by atoms with Crippen molar-refractivity contribution in [2.24, 2.45) is 5.92 Å². The molecule has 2 bridgehead atoms. The quantitative estimate of drug-likeness (QED) is 0.896. The zero-order valence-electron chi connectivity index (χ0n) is 13.8. The van der Waals surface area contributed by atoms with Crippen LogP contribution in [0, 0.1) is 5.92 Å². The number of nitrogens with one attached hydrogen (secondary N) is 1. The molecule has 3 aliphatic rings. The van der Waals surface area contributed by atoms with Gasteiger partial charge in [0.15, 0.2) is 0 Å². The third-order valence-corrected chi connectivity index (χ3v) is 6.11. The number of phenols is 1. The zero-order valence-corrected chi connectivity index (χ0v) is 13.8. The third-order valence-electron chi connectivity index (χ3n) is 6.11. The number of carbonyl (C=O) groups is 1. The van der Waals surface area contributed by atoms with Gasteiger partial charge in [0.05, 0.1) is 0 Å². The Morgan fingerprint density at radius 2 is 2.26 bits per heavy atom. The van der Waals surface area contributed by atoms with Crippen molar-refractivity contribution < 1.29 is 9.90 Å². The molecule has 1 heterocycles. The van der Waals surface area contributed by atoms with E-state index in [1.807, 2.05) is 6.07 Å². The molecular formula is C19H26N2O2. The topological polar surface area (TPSA) is 52.6 Å². The molecule has 2 fully saturated rings. The van der Waals surface area contributed by atoms with Gasteiger partial charge in [-0.15, -0.1) is 0 Å². The summed E-state index contributed by atoms with van der Waals surface area (Å²) in [6.45, 7) is 2.31. The van der Waals surface area contributed by atoms with Crippen molar-refractivity contribution in [2.45, 2.75) is 50.0 Å². The third kappa shape index (κ3) is 2.74. The molecule has 1 aliphatic heterocycles. The summed E-state index contributed by atoms with van der Waals surface area (Å²) in [6.07, 6.45) is 6.42. The summed E-state index contributed by atoms with van der Waals surface area (Å²) in [5.41, 5.74) is 2.43. The standard InChI is InChI=1S/C19H26N2O2/c1-20-18(23)11-19-6-7-21(12-13-2-3-13)15(10-19)8-14-4-5-16(22)9-17(14)19/h4-5,9,13,15,22H,2-3,6-8,10-12H2,1H3,(H,20,23). The van der Waals surface area contributed by atoms with E-state index >= 15 is 0 Å². The molecule has 4 heteroatoms. The van der Waals surface area contributed by atoms with Crippen molar-refractivity contribution in [3.8, 4) is 5.75 Å². The van der Waals surface area contributed by atoms with Crippen LogP contribution in [0.5, 0.6) is 5.75 Å². The highest BCUT2D eigenvalue weighted by atomic mass is 16.3. The van der Waals surface area contributed by atoms with Gasteiger partial charge in [0, 0.05) is 31.5 Å². The number of rotatable bonds is 4. The highest BCUT2D eigenvalue weighted by molar-refractivity contribution is 5.77. The normalized spacial score (nSPS) is 29.9. The lowest BCUT2D eigenvalue weighted by molar-refractivity contribution is -0.122. The molecule has 2 N–H and O–H groups in total. The minimum Gasteiger partial charge on any atom is -0.508 e. The zero-order chi connectivity index (χ0) is 16.0. The van der Waals surface area contributed by atoms with Crippen LogP contribution in [0.25, 0.3) is 0 Å². The van der Waals surface area contributed by atoms with Gasteiger partial charge < -0.3 is 10.4 Å². The van der Waals surface area contributed by atoms with Crippen LogP contribution < -0.4 is 5.32 Å². The van der Waals surface area contributed by atoms with E-state index < -0.39 is 0 Å². The second-order valence-corrected chi connectivity index (χ2v) is 7.72. The van der Waals surface area contributed by atoms with Crippen LogP contribution in [0.15, 0.2) is 18.2 Å². The Morgan fingerprint density at radius 1 is 1.43 bits per heavy atom. The number of nitrogens with zero attached hydrogens (tertiary/aromatic N) is 1. The van der Waals surface area contributed by atoms with Crippen LogP contribution >= 0.6 is 0 Å². The van der Waals surface area contributed by atoms with Gasteiger partial charge in [-0.1, -0.05) is 6.07 Å². The lowest BCUT2D eigenvalue weighted by Gasteiger charge is -2.51. The van der Waals surface area contributed by atoms with Crippen LogP contribution in [0.4, 0.5) is 0 Å². The van der Waals surface area contributed by atoms with Crippen molar-refractivity contribution in [1.82, 2.24) is 10.2 Å². The first-order valence-corrected chi connectivity index (χ1v) is 8.87. The molecule has 2 aliphatic carbocycles. The van der Waals surface area contributed by atoms with Gasteiger partial charge in [-0.05, 0) is 67.8 Å². The molecule has 1 aromatic rings. The van der Waals surface area contributed by atoms with Crippen molar-refractivity contribution >= 4 is 5.91 Å². The Bertz CT molecular complexity index is 626. The number of fused-ring (bicyclic) bond motifs is 4. The predicted octanol–water partition coefficient (Wildman–Crippen LogP) is 2.20. The summed E-state index contributed by atoms with van der Waals surface area (Å²) < 4.78 is 0. The molecule has 4 nitrogen and oxygen atoms in total. The van der Waals surface area contributed by atoms with Crippen LogP contribution in [-0.4, -0.2) is 42.1 Å². The van der Waals surface area contributed by atoms with Gasteiger partial charge in [-0.2, -0.15) is 0 Å². The number of amides is 1. The average Bonchev–Trinajstić information content (AvgIpc) is 3.35. The second kappa shape index (κ2) is 5.52. The minimum atomic E-state index is -0.100. The van der Waals surface area contributed by atoms with Crippen molar-refractivity contribution in [3.63, 3.8) is 0 Å². The largest absolute Gasteiger partial charge is 0.508 e. The van der Waals surface area contributed by atoms with E-state index in [2.05, 4.69) is 16.3 Å². The Morgan fingerprint density at radius 3 is 3.00 bits per heavy atom. The molecule has 1 amide bonds. The molecule has 0 spiro atoms. The highest BCUT2D eigenvalue weighted by Crippen LogP contribution is 2.48. The molecule has 0 aromatic heterocycles. The average molecular weight is 314 g/mol. The highest BCUT2D eigenvalue weighted by Gasteiger charge is 2.47. The first kappa shape index (κ1) is 15.0. The van der Waals surface area contributed by atoms with Gasteiger partial charge in [0.25, 0.3) is 0 Å². The first-order chi connectivity index (χ1) is 11.1. The Kier molecular flexibility index (Phi) is 3.60. The number of hydrogen-bond donors (Lipinski definition) is 2. The maximum atomic E-state index is 12.2. The fourth-order valence-electron chi connectivity index (χ4n) is 4.68. The van der Waals surface area contributed by atoms with Gasteiger partial charge in [0.2, 0.25) is 5.91 Å². The molecule has 1 aromatic carbocycles. The van der Waals surface area contributed by atoms with E-state index in [1.54, 1.807) is 13.1 Å². The number of carbonyl (C=O) groups excluding carboxylic acids is 1. The second-order valence-electron chi connectivity index (χ2n) is 7.72. The predicted molar refractivity (Wildman–Crippen MR) is 89.5 cm³/mol. The lowest BCUT2D eigenvalue weighted by atomic mass is 9.62. The minimum absolute atomic E-state index is 0.100. The van der Waals surface area contributed by atoms with Crippen molar-refractivity contribution in [3.05, 3.63) is 29.3 Å². The fraction of sp³-hybridized carbons (Fsp3) is 0.632. The smallest absolute Gasteiger partial charge is 0.220 e. The van der Waals surface area contributed by atoms with Crippen molar-refractivity contribution in [1.29, 1.82) is 0 Å². The Labute approximate surface area is 137 Å². The fourth-order valence-corrected chi connectivity index (χ4v) is 4.68. The van der Waals surface area contributed by atoms with Gasteiger partial charge in [0.1, 0.15) is 5.75 Å². The van der Waals surface area contributed by atoms with E-state index in [1.165, 1.54) is 30.5 Å². The maximum Gasteiger partial charge on any atom is 0.220 e. The van der Waals surface area contributed by atoms with E-state index in [-0.39, 0.29) is 11.3 Å². The van der Waals surface area contributed by atoms with Gasteiger partial charge in [-0.25, -0.2) is 0 Å². The molecule has 1 saturated carbocycles. The monoisotopic (exact) mass is 314 g/mol. The van der Waals surface area contributed by atoms with E-state index in [0.29, 0.717) is 18.2 Å². The first-order valence-electron chi connectivity index (χ1n) is 8.87. The number of hydrogen-bond acceptors (Lipinski definition) is 3. The Hall–Kier alpha value is -1.55. The summed E-state index contributed by atoms with van der Waals surface area (Å²) >= 11 is 0. The molecular weight excluding hydrogens is 288 g/mol. The van der Waals surface area contributed by atoms with E-state index in [0.717, 1.165) is 31.7 Å². The van der Waals surface area contributed by atoms with E-state index in [9.17, 15) is 9.90 Å². The molecule has 2 unspecified atom stereocenters. The number of benzene rings is 1. The SMILES string of the molecule is CNC(=O)CC12CCN(CC3CC3)C(Cc3ccc(O)cc31)C2. The maximum absolute atomic E-state index is 12.2. The van der Waals surface area contributed by atoms with Gasteiger partial charge in [-0.3, -0.25) is 9.69 Å². The Balaban J connectivity index is 1.68. The number of phenolic OH excluding ortho intramolecular Hbond substituents is 1. The van der Waals surface area contributed by atoms with Gasteiger partial charge >= 0.3 is 0 Å². The molecule has 4 rings (SSSR count). The summed E-state index contributed by atoms with van der Waals surface area (Å²) in [7, 11) is 1.71. The molecule has 23 heavy (non-hydrogen) atoms. The number of likely N-dealkylation sites (tertiary alicyclic amines) is 1. The van der Waals surface area contributed by atoms with E-state index in [4.69, 9.17) is 0 Å².